The van der Waals surface area contributed by atoms with Gasteiger partial charge >= 0.3 is 5.97 Å². The van der Waals surface area contributed by atoms with Crippen molar-refractivity contribution in [2.45, 2.75) is 26.2 Å². The number of rotatable bonds is 6. The summed E-state index contributed by atoms with van der Waals surface area (Å²) < 4.78 is 33.9. The maximum absolute atomic E-state index is 14.4. The van der Waals surface area contributed by atoms with E-state index in [0.29, 0.717) is 12.2 Å². The largest absolute Gasteiger partial charge is 0.462 e. The number of hydrogen-bond acceptors (Lipinski definition) is 6. The van der Waals surface area contributed by atoms with Crippen molar-refractivity contribution in [1.29, 1.82) is 0 Å². The smallest absolute Gasteiger partial charge is 0.343 e. The number of carbonyl (C=O) groups excluding carboxylic acids is 2. The summed E-state index contributed by atoms with van der Waals surface area (Å²) in [5.41, 5.74) is 1.33. The SMILES string of the molecule is CCOC(=O)c1c(C)nc(-c2c(F)cccc2F)nc1Nc1ccc(C2CCNC2=O)cc1. The molecule has 2 heterocycles. The second-order valence-corrected chi connectivity index (χ2v) is 7.55. The summed E-state index contributed by atoms with van der Waals surface area (Å²) in [6.45, 7) is 3.99. The highest BCUT2D eigenvalue weighted by Crippen LogP contribution is 2.30. The third-order valence-electron chi connectivity index (χ3n) is 5.38. The van der Waals surface area contributed by atoms with E-state index in [4.69, 9.17) is 4.74 Å². The molecule has 1 aliphatic rings. The molecule has 2 aromatic carbocycles. The standard InChI is InChI=1S/C24H22F2N4O3/c1-3-33-24(32)19-13(2)28-22(20-17(25)5-4-6-18(20)26)30-21(19)29-15-9-7-14(8-10-15)16-11-12-27-23(16)31/h4-10,16H,3,11-12H2,1-2H3,(H,27,31)(H,28,29,30). The van der Waals surface area contributed by atoms with E-state index in [1.54, 1.807) is 26.0 Å². The van der Waals surface area contributed by atoms with Crippen LogP contribution in [-0.2, 0) is 9.53 Å². The van der Waals surface area contributed by atoms with Crippen LogP contribution in [0, 0.1) is 18.6 Å². The minimum Gasteiger partial charge on any atom is -0.462 e. The van der Waals surface area contributed by atoms with Gasteiger partial charge in [-0.3, -0.25) is 4.79 Å². The molecule has 170 valence electrons. The molecule has 3 aromatic rings. The quantitative estimate of drug-likeness (QED) is 0.543. The number of ether oxygens (including phenoxy) is 1. The second kappa shape index (κ2) is 9.32. The lowest BCUT2D eigenvalue weighted by Gasteiger charge is -2.15. The first kappa shape index (κ1) is 22.3. The van der Waals surface area contributed by atoms with E-state index in [0.717, 1.165) is 24.1 Å². The molecule has 1 saturated heterocycles. The average Bonchev–Trinajstić information content (AvgIpc) is 3.20. The zero-order valence-electron chi connectivity index (χ0n) is 18.1. The van der Waals surface area contributed by atoms with E-state index < -0.39 is 17.6 Å². The number of nitrogens with one attached hydrogen (secondary N) is 2. The number of carbonyl (C=O) groups is 2. The van der Waals surface area contributed by atoms with Gasteiger partial charge in [0.2, 0.25) is 5.91 Å². The van der Waals surface area contributed by atoms with E-state index in [1.807, 2.05) is 12.1 Å². The van der Waals surface area contributed by atoms with Gasteiger partial charge in [-0.2, -0.15) is 0 Å². The number of aryl methyl sites for hydroxylation is 1. The van der Waals surface area contributed by atoms with Crippen molar-refractivity contribution in [2.75, 3.05) is 18.5 Å². The molecule has 9 heteroatoms. The Morgan fingerprint density at radius 2 is 1.85 bits per heavy atom. The van der Waals surface area contributed by atoms with Crippen LogP contribution in [0.25, 0.3) is 11.4 Å². The van der Waals surface area contributed by atoms with Crippen LogP contribution in [0.1, 0.15) is 40.9 Å². The lowest BCUT2D eigenvalue weighted by atomic mass is 9.97. The summed E-state index contributed by atoms with van der Waals surface area (Å²) >= 11 is 0. The van der Waals surface area contributed by atoms with Gasteiger partial charge < -0.3 is 15.4 Å². The Balaban J connectivity index is 1.74. The van der Waals surface area contributed by atoms with Crippen molar-refractivity contribution in [1.82, 2.24) is 15.3 Å². The van der Waals surface area contributed by atoms with Crippen molar-refractivity contribution >= 4 is 23.4 Å². The monoisotopic (exact) mass is 452 g/mol. The van der Waals surface area contributed by atoms with Crippen LogP contribution in [0.3, 0.4) is 0 Å². The van der Waals surface area contributed by atoms with Crippen LogP contribution in [0.4, 0.5) is 20.3 Å². The lowest BCUT2D eigenvalue weighted by Crippen LogP contribution is -2.17. The van der Waals surface area contributed by atoms with Crippen molar-refractivity contribution in [3.05, 3.63) is 70.9 Å². The fraction of sp³-hybridized carbons (Fsp3) is 0.250. The molecule has 1 atom stereocenters. The molecule has 0 spiro atoms. The number of amides is 1. The molecule has 0 bridgehead atoms. The zero-order chi connectivity index (χ0) is 23.5. The van der Waals surface area contributed by atoms with Crippen molar-refractivity contribution in [2.24, 2.45) is 0 Å². The normalized spacial score (nSPS) is 15.3. The van der Waals surface area contributed by atoms with E-state index in [2.05, 4.69) is 20.6 Å². The van der Waals surface area contributed by atoms with Crippen molar-refractivity contribution in [3.8, 4) is 11.4 Å². The Hall–Kier alpha value is -3.88. The molecule has 1 amide bonds. The molecule has 1 unspecified atom stereocenters. The topological polar surface area (TPSA) is 93.2 Å². The number of benzene rings is 2. The first-order valence-corrected chi connectivity index (χ1v) is 10.5. The molecule has 0 radical (unpaired) electrons. The zero-order valence-corrected chi connectivity index (χ0v) is 18.1. The highest BCUT2D eigenvalue weighted by atomic mass is 19.1. The minimum atomic E-state index is -0.816. The van der Waals surface area contributed by atoms with Gasteiger partial charge in [0.1, 0.15) is 23.0 Å². The van der Waals surface area contributed by atoms with Crippen LogP contribution in [0.5, 0.6) is 0 Å². The van der Waals surface area contributed by atoms with Crippen LogP contribution in [-0.4, -0.2) is 35.0 Å². The van der Waals surface area contributed by atoms with E-state index in [9.17, 15) is 18.4 Å². The molecule has 2 N–H and O–H groups in total. The van der Waals surface area contributed by atoms with Gasteiger partial charge in [-0.15, -0.1) is 0 Å². The van der Waals surface area contributed by atoms with Gasteiger partial charge in [0, 0.05) is 12.2 Å². The predicted octanol–water partition coefficient (Wildman–Crippen LogP) is 4.25. The van der Waals surface area contributed by atoms with Crippen LogP contribution < -0.4 is 10.6 Å². The van der Waals surface area contributed by atoms with Crippen molar-refractivity contribution in [3.63, 3.8) is 0 Å². The molecule has 7 nitrogen and oxygen atoms in total. The third kappa shape index (κ3) is 4.52. The molecule has 0 saturated carbocycles. The molecule has 1 aromatic heterocycles. The lowest BCUT2D eigenvalue weighted by molar-refractivity contribution is -0.120. The molecule has 1 aliphatic heterocycles. The first-order valence-electron chi connectivity index (χ1n) is 10.5. The Bertz CT molecular complexity index is 1190. The summed E-state index contributed by atoms with van der Waals surface area (Å²) in [5.74, 6) is -2.64. The number of hydrogen-bond donors (Lipinski definition) is 2. The first-order chi connectivity index (χ1) is 15.9. The highest BCUT2D eigenvalue weighted by Gasteiger charge is 2.26. The molecular formula is C24H22F2N4O3. The van der Waals surface area contributed by atoms with Gasteiger partial charge in [-0.1, -0.05) is 18.2 Å². The van der Waals surface area contributed by atoms with Crippen LogP contribution in [0.15, 0.2) is 42.5 Å². The van der Waals surface area contributed by atoms with Gasteiger partial charge in [0.15, 0.2) is 5.82 Å². The molecule has 33 heavy (non-hydrogen) atoms. The Labute approximate surface area is 189 Å². The summed E-state index contributed by atoms with van der Waals surface area (Å²) in [5, 5.41) is 5.84. The van der Waals surface area contributed by atoms with Gasteiger partial charge in [-0.25, -0.2) is 23.5 Å². The molecule has 1 fully saturated rings. The van der Waals surface area contributed by atoms with Gasteiger partial charge in [-0.05, 0) is 50.1 Å². The molecule has 4 rings (SSSR count). The molecular weight excluding hydrogens is 430 g/mol. The highest BCUT2D eigenvalue weighted by molar-refractivity contribution is 5.97. The fourth-order valence-corrected chi connectivity index (χ4v) is 3.78. The van der Waals surface area contributed by atoms with Crippen LogP contribution in [0.2, 0.25) is 0 Å². The summed E-state index contributed by atoms with van der Waals surface area (Å²) in [7, 11) is 0. The number of esters is 1. The Morgan fingerprint density at radius 1 is 1.15 bits per heavy atom. The Kier molecular flexibility index (Phi) is 6.30. The van der Waals surface area contributed by atoms with Crippen LogP contribution >= 0.6 is 0 Å². The predicted molar refractivity (Wildman–Crippen MR) is 118 cm³/mol. The summed E-state index contributed by atoms with van der Waals surface area (Å²) in [6, 6.07) is 10.6. The number of nitrogens with zero attached hydrogens (tertiary/aromatic N) is 2. The Morgan fingerprint density at radius 3 is 2.45 bits per heavy atom. The third-order valence-corrected chi connectivity index (χ3v) is 5.38. The van der Waals surface area contributed by atoms with E-state index >= 15 is 0 Å². The maximum atomic E-state index is 14.4. The molecule has 0 aliphatic carbocycles. The average molecular weight is 452 g/mol. The fourth-order valence-electron chi connectivity index (χ4n) is 3.78. The number of aromatic nitrogens is 2. The summed E-state index contributed by atoms with van der Waals surface area (Å²) in [4.78, 5) is 33.0. The number of halogens is 2. The van der Waals surface area contributed by atoms with Crippen molar-refractivity contribution < 1.29 is 23.1 Å². The van der Waals surface area contributed by atoms with Gasteiger partial charge in [0.05, 0.1) is 23.8 Å². The maximum Gasteiger partial charge on any atom is 0.343 e. The number of anilines is 2. The minimum absolute atomic E-state index is 0.0108. The van der Waals surface area contributed by atoms with E-state index in [-0.39, 0.29) is 46.9 Å². The van der Waals surface area contributed by atoms with E-state index in [1.165, 1.54) is 6.07 Å². The summed E-state index contributed by atoms with van der Waals surface area (Å²) in [6.07, 6.45) is 0.723. The van der Waals surface area contributed by atoms with Gasteiger partial charge in [0.25, 0.3) is 0 Å². The second-order valence-electron chi connectivity index (χ2n) is 7.55.